The Hall–Kier alpha value is -1.95. The number of rotatable bonds is 6. The molecule has 1 atom stereocenters. The van der Waals surface area contributed by atoms with Gasteiger partial charge in [0.15, 0.2) is 0 Å². The standard InChI is InChI=1S/C14H21N5O/c1-5-11-8-15-10(2)17-14(11)18-12(9-20-4)13-6-7-16-19(13)3/h6-8,12H,5,9H2,1-4H3,(H,15,17,18)/t12-/m0/s1. The van der Waals surface area contributed by atoms with Crippen molar-refractivity contribution in [2.24, 2.45) is 7.05 Å². The summed E-state index contributed by atoms with van der Waals surface area (Å²) in [6.45, 7) is 4.53. The fourth-order valence-corrected chi connectivity index (χ4v) is 2.14. The number of aryl methyl sites for hydroxylation is 3. The summed E-state index contributed by atoms with van der Waals surface area (Å²) in [5.74, 6) is 1.62. The van der Waals surface area contributed by atoms with Gasteiger partial charge in [0.2, 0.25) is 0 Å². The molecule has 1 N–H and O–H groups in total. The fourth-order valence-electron chi connectivity index (χ4n) is 2.14. The number of methoxy groups -OCH3 is 1. The molecule has 0 unspecified atom stereocenters. The van der Waals surface area contributed by atoms with E-state index in [1.807, 2.05) is 30.9 Å². The summed E-state index contributed by atoms with van der Waals surface area (Å²) in [5, 5.41) is 7.66. The van der Waals surface area contributed by atoms with Gasteiger partial charge in [-0.3, -0.25) is 4.68 Å². The first-order valence-corrected chi connectivity index (χ1v) is 6.71. The van der Waals surface area contributed by atoms with Gasteiger partial charge in [-0.05, 0) is 19.4 Å². The van der Waals surface area contributed by atoms with Crippen LogP contribution in [0, 0.1) is 6.92 Å². The summed E-state index contributed by atoms with van der Waals surface area (Å²) in [7, 11) is 3.61. The minimum atomic E-state index is 0.00657. The first-order valence-electron chi connectivity index (χ1n) is 6.71. The molecule has 2 rings (SSSR count). The number of aromatic nitrogens is 4. The van der Waals surface area contributed by atoms with E-state index in [-0.39, 0.29) is 6.04 Å². The Balaban J connectivity index is 2.29. The van der Waals surface area contributed by atoms with Crippen LogP contribution in [0.5, 0.6) is 0 Å². The molecule has 0 aliphatic rings. The molecule has 0 spiro atoms. The third-order valence-corrected chi connectivity index (χ3v) is 3.23. The van der Waals surface area contributed by atoms with Gasteiger partial charge in [-0.1, -0.05) is 6.92 Å². The van der Waals surface area contributed by atoms with E-state index < -0.39 is 0 Å². The van der Waals surface area contributed by atoms with E-state index in [0.717, 1.165) is 29.3 Å². The first-order chi connectivity index (χ1) is 9.65. The highest BCUT2D eigenvalue weighted by atomic mass is 16.5. The zero-order valence-corrected chi connectivity index (χ0v) is 12.4. The quantitative estimate of drug-likeness (QED) is 0.872. The molecule has 20 heavy (non-hydrogen) atoms. The Morgan fingerprint density at radius 1 is 1.45 bits per heavy atom. The second-order valence-electron chi connectivity index (χ2n) is 4.68. The second-order valence-corrected chi connectivity index (χ2v) is 4.68. The van der Waals surface area contributed by atoms with Crippen molar-refractivity contribution >= 4 is 5.82 Å². The number of nitrogens with zero attached hydrogens (tertiary/aromatic N) is 4. The molecule has 2 aromatic heterocycles. The van der Waals surface area contributed by atoms with Crippen molar-refractivity contribution in [1.82, 2.24) is 19.7 Å². The van der Waals surface area contributed by atoms with Gasteiger partial charge in [0.1, 0.15) is 11.6 Å². The zero-order chi connectivity index (χ0) is 14.5. The monoisotopic (exact) mass is 275 g/mol. The Labute approximate surface area is 119 Å². The Morgan fingerprint density at radius 2 is 2.25 bits per heavy atom. The van der Waals surface area contributed by atoms with Crippen LogP contribution in [0.25, 0.3) is 0 Å². The maximum atomic E-state index is 5.31. The van der Waals surface area contributed by atoms with Crippen molar-refractivity contribution < 1.29 is 4.74 Å². The van der Waals surface area contributed by atoms with Crippen LogP contribution in [0.15, 0.2) is 18.5 Å². The molecule has 0 radical (unpaired) electrons. The Kier molecular flexibility index (Phi) is 4.68. The summed E-state index contributed by atoms with van der Waals surface area (Å²) in [5.41, 5.74) is 2.16. The lowest BCUT2D eigenvalue weighted by molar-refractivity contribution is 0.184. The molecule has 0 aliphatic carbocycles. The third-order valence-electron chi connectivity index (χ3n) is 3.23. The summed E-state index contributed by atoms with van der Waals surface area (Å²) >= 11 is 0. The van der Waals surface area contributed by atoms with E-state index in [9.17, 15) is 0 Å². The van der Waals surface area contributed by atoms with E-state index >= 15 is 0 Å². The molecule has 6 nitrogen and oxygen atoms in total. The van der Waals surface area contributed by atoms with Gasteiger partial charge in [-0.2, -0.15) is 5.10 Å². The van der Waals surface area contributed by atoms with Crippen molar-refractivity contribution in [2.45, 2.75) is 26.3 Å². The van der Waals surface area contributed by atoms with Gasteiger partial charge < -0.3 is 10.1 Å². The lowest BCUT2D eigenvalue weighted by Crippen LogP contribution is -2.21. The van der Waals surface area contributed by atoms with Crippen molar-refractivity contribution in [1.29, 1.82) is 0 Å². The average molecular weight is 275 g/mol. The van der Waals surface area contributed by atoms with E-state index in [4.69, 9.17) is 4.74 Å². The van der Waals surface area contributed by atoms with Crippen LogP contribution in [-0.2, 0) is 18.2 Å². The number of nitrogens with one attached hydrogen (secondary N) is 1. The largest absolute Gasteiger partial charge is 0.382 e. The molecule has 108 valence electrons. The first kappa shape index (κ1) is 14.5. The van der Waals surface area contributed by atoms with E-state index in [1.165, 1.54) is 0 Å². The molecular weight excluding hydrogens is 254 g/mol. The highest BCUT2D eigenvalue weighted by molar-refractivity contribution is 5.45. The zero-order valence-electron chi connectivity index (χ0n) is 12.4. The number of hydrogen-bond donors (Lipinski definition) is 1. The molecule has 2 heterocycles. The Morgan fingerprint density at radius 3 is 2.85 bits per heavy atom. The van der Waals surface area contributed by atoms with E-state index in [2.05, 4.69) is 27.3 Å². The number of hydrogen-bond acceptors (Lipinski definition) is 5. The SMILES string of the molecule is CCc1cnc(C)nc1N[C@@H](COC)c1ccnn1C. The predicted octanol–water partition coefficient (Wildman–Crippen LogP) is 1.88. The molecule has 0 aromatic carbocycles. The van der Waals surface area contributed by atoms with Gasteiger partial charge in [0.25, 0.3) is 0 Å². The van der Waals surface area contributed by atoms with Crippen LogP contribution in [0.1, 0.15) is 30.0 Å². The minimum absolute atomic E-state index is 0.00657. The van der Waals surface area contributed by atoms with Crippen LogP contribution < -0.4 is 5.32 Å². The number of ether oxygens (including phenoxy) is 1. The molecule has 0 saturated carbocycles. The predicted molar refractivity (Wildman–Crippen MR) is 77.6 cm³/mol. The summed E-state index contributed by atoms with van der Waals surface area (Å²) in [6, 6.07) is 1.99. The number of anilines is 1. The van der Waals surface area contributed by atoms with Crippen LogP contribution >= 0.6 is 0 Å². The Bertz CT molecular complexity index is 566. The highest BCUT2D eigenvalue weighted by Gasteiger charge is 2.17. The van der Waals surface area contributed by atoms with Gasteiger partial charge >= 0.3 is 0 Å². The normalized spacial score (nSPS) is 12.4. The van der Waals surface area contributed by atoms with Crippen molar-refractivity contribution in [2.75, 3.05) is 19.0 Å². The fraction of sp³-hybridized carbons (Fsp3) is 0.500. The van der Waals surface area contributed by atoms with E-state index in [1.54, 1.807) is 13.3 Å². The van der Waals surface area contributed by atoms with Crippen molar-refractivity contribution in [3.8, 4) is 0 Å². The van der Waals surface area contributed by atoms with Crippen LogP contribution in [-0.4, -0.2) is 33.5 Å². The van der Waals surface area contributed by atoms with Crippen LogP contribution in [0.2, 0.25) is 0 Å². The maximum absolute atomic E-state index is 5.31. The highest BCUT2D eigenvalue weighted by Crippen LogP contribution is 2.21. The molecule has 0 saturated heterocycles. The van der Waals surface area contributed by atoms with E-state index in [0.29, 0.717) is 6.61 Å². The molecule has 2 aromatic rings. The summed E-state index contributed by atoms with van der Waals surface area (Å²) in [4.78, 5) is 8.74. The lowest BCUT2D eigenvalue weighted by atomic mass is 10.2. The second kappa shape index (κ2) is 6.47. The third kappa shape index (κ3) is 3.14. The van der Waals surface area contributed by atoms with Crippen molar-refractivity contribution in [3.63, 3.8) is 0 Å². The van der Waals surface area contributed by atoms with Gasteiger partial charge in [-0.25, -0.2) is 9.97 Å². The van der Waals surface area contributed by atoms with Gasteiger partial charge in [0, 0.05) is 32.1 Å². The minimum Gasteiger partial charge on any atom is -0.382 e. The molecule has 6 heteroatoms. The van der Waals surface area contributed by atoms with Crippen LogP contribution in [0.4, 0.5) is 5.82 Å². The topological polar surface area (TPSA) is 64.9 Å². The summed E-state index contributed by atoms with van der Waals surface area (Å²) < 4.78 is 7.16. The van der Waals surface area contributed by atoms with Gasteiger partial charge in [-0.15, -0.1) is 0 Å². The lowest BCUT2D eigenvalue weighted by Gasteiger charge is -2.20. The maximum Gasteiger partial charge on any atom is 0.133 e. The summed E-state index contributed by atoms with van der Waals surface area (Å²) in [6.07, 6.45) is 4.54. The molecular formula is C14H21N5O. The molecule has 0 aliphatic heterocycles. The molecule has 0 bridgehead atoms. The van der Waals surface area contributed by atoms with Crippen LogP contribution in [0.3, 0.4) is 0 Å². The molecule has 0 amide bonds. The smallest absolute Gasteiger partial charge is 0.133 e. The molecule has 0 fully saturated rings. The average Bonchev–Trinajstić information content (AvgIpc) is 2.85. The van der Waals surface area contributed by atoms with Crippen molar-refractivity contribution in [3.05, 3.63) is 35.5 Å². The van der Waals surface area contributed by atoms with Gasteiger partial charge in [0.05, 0.1) is 18.3 Å².